The minimum absolute atomic E-state index is 0.451. The molecule has 3 heteroatoms. The van der Waals surface area contributed by atoms with Gasteiger partial charge in [0.05, 0.1) is 5.69 Å². The van der Waals surface area contributed by atoms with Gasteiger partial charge in [0, 0.05) is 25.2 Å². The SMILES string of the molecule is CCNC(Cc1cc(C)nn1C)C1(C)CCCCC1. The van der Waals surface area contributed by atoms with E-state index in [2.05, 4.69) is 44.3 Å². The van der Waals surface area contributed by atoms with Crippen LogP contribution in [0.5, 0.6) is 0 Å². The molecule has 1 aliphatic carbocycles. The van der Waals surface area contributed by atoms with E-state index in [4.69, 9.17) is 0 Å². The van der Waals surface area contributed by atoms with Crippen LogP contribution in [0.1, 0.15) is 57.3 Å². The van der Waals surface area contributed by atoms with Gasteiger partial charge in [-0.3, -0.25) is 4.68 Å². The predicted octanol–water partition coefficient (Wildman–Crippen LogP) is 3.22. The summed E-state index contributed by atoms with van der Waals surface area (Å²) in [4.78, 5) is 0. The third-order valence-corrected chi connectivity index (χ3v) is 4.80. The van der Waals surface area contributed by atoms with Gasteiger partial charge in [0.25, 0.3) is 0 Å². The monoisotopic (exact) mass is 263 g/mol. The molecular weight excluding hydrogens is 234 g/mol. The molecular formula is C16H29N3. The Morgan fingerprint density at radius 2 is 2.05 bits per heavy atom. The zero-order valence-electron chi connectivity index (χ0n) is 13.0. The van der Waals surface area contributed by atoms with Gasteiger partial charge in [-0.1, -0.05) is 33.1 Å². The van der Waals surface area contributed by atoms with Crippen LogP contribution in [0.15, 0.2) is 6.07 Å². The standard InChI is InChI=1S/C16H29N3/c1-5-17-15(16(3)9-7-6-8-10-16)12-14-11-13(2)18-19(14)4/h11,15,17H,5-10,12H2,1-4H3. The van der Waals surface area contributed by atoms with Gasteiger partial charge < -0.3 is 5.32 Å². The first-order valence-electron chi connectivity index (χ1n) is 7.78. The molecule has 1 atom stereocenters. The second-order valence-electron chi connectivity index (χ2n) is 6.43. The van der Waals surface area contributed by atoms with Crippen LogP contribution in [0.2, 0.25) is 0 Å². The van der Waals surface area contributed by atoms with Crippen molar-refractivity contribution in [3.8, 4) is 0 Å². The van der Waals surface area contributed by atoms with Crippen molar-refractivity contribution in [1.82, 2.24) is 15.1 Å². The normalized spacial score (nSPS) is 20.4. The Bertz CT molecular complexity index is 402. The van der Waals surface area contributed by atoms with Crippen molar-refractivity contribution in [3.05, 3.63) is 17.5 Å². The lowest BCUT2D eigenvalue weighted by Crippen LogP contribution is -2.46. The fourth-order valence-corrected chi connectivity index (χ4v) is 3.58. The molecule has 1 heterocycles. The van der Waals surface area contributed by atoms with Crippen molar-refractivity contribution in [2.45, 2.75) is 65.3 Å². The van der Waals surface area contributed by atoms with E-state index in [-0.39, 0.29) is 0 Å². The number of likely N-dealkylation sites (N-methyl/N-ethyl adjacent to an activating group) is 1. The maximum atomic E-state index is 4.48. The molecule has 108 valence electrons. The quantitative estimate of drug-likeness (QED) is 0.884. The number of nitrogens with zero attached hydrogens (tertiary/aromatic N) is 2. The number of hydrogen-bond donors (Lipinski definition) is 1. The Morgan fingerprint density at radius 3 is 2.58 bits per heavy atom. The molecule has 0 aromatic carbocycles. The van der Waals surface area contributed by atoms with E-state index in [0.29, 0.717) is 11.5 Å². The Morgan fingerprint density at radius 1 is 1.37 bits per heavy atom. The molecule has 1 N–H and O–H groups in total. The van der Waals surface area contributed by atoms with E-state index in [1.54, 1.807) is 0 Å². The van der Waals surface area contributed by atoms with Crippen molar-refractivity contribution < 1.29 is 0 Å². The van der Waals surface area contributed by atoms with Crippen LogP contribution in [0.4, 0.5) is 0 Å². The molecule has 3 nitrogen and oxygen atoms in total. The lowest BCUT2D eigenvalue weighted by atomic mass is 9.69. The number of aryl methyl sites for hydroxylation is 2. The van der Waals surface area contributed by atoms with Crippen molar-refractivity contribution in [3.63, 3.8) is 0 Å². The van der Waals surface area contributed by atoms with Crippen molar-refractivity contribution in [2.75, 3.05) is 6.54 Å². The highest BCUT2D eigenvalue weighted by atomic mass is 15.3. The summed E-state index contributed by atoms with van der Waals surface area (Å²) in [5.74, 6) is 0. The molecule has 1 saturated carbocycles. The van der Waals surface area contributed by atoms with Crippen LogP contribution in [0.3, 0.4) is 0 Å². The molecule has 1 aliphatic rings. The lowest BCUT2D eigenvalue weighted by molar-refractivity contribution is 0.143. The van der Waals surface area contributed by atoms with Crippen LogP contribution >= 0.6 is 0 Å². The topological polar surface area (TPSA) is 29.9 Å². The average molecular weight is 263 g/mol. The average Bonchev–Trinajstić information content (AvgIpc) is 2.68. The summed E-state index contributed by atoms with van der Waals surface area (Å²) in [6.45, 7) is 7.82. The lowest BCUT2D eigenvalue weighted by Gasteiger charge is -2.41. The highest BCUT2D eigenvalue weighted by molar-refractivity contribution is 5.11. The molecule has 1 aromatic rings. The molecule has 0 saturated heterocycles. The van der Waals surface area contributed by atoms with E-state index in [1.165, 1.54) is 37.8 Å². The highest BCUT2D eigenvalue weighted by Crippen LogP contribution is 2.39. The molecule has 1 aromatic heterocycles. The van der Waals surface area contributed by atoms with Crippen molar-refractivity contribution in [1.29, 1.82) is 0 Å². The Hall–Kier alpha value is -0.830. The van der Waals surface area contributed by atoms with Gasteiger partial charge in [-0.2, -0.15) is 5.10 Å². The number of aromatic nitrogens is 2. The predicted molar refractivity (Wildman–Crippen MR) is 80.3 cm³/mol. The number of rotatable bonds is 5. The Labute approximate surface area is 117 Å². The number of hydrogen-bond acceptors (Lipinski definition) is 2. The van der Waals surface area contributed by atoms with Gasteiger partial charge in [-0.25, -0.2) is 0 Å². The zero-order chi connectivity index (χ0) is 13.9. The van der Waals surface area contributed by atoms with Gasteiger partial charge >= 0.3 is 0 Å². The van der Waals surface area contributed by atoms with E-state index < -0.39 is 0 Å². The third kappa shape index (κ3) is 3.38. The maximum Gasteiger partial charge on any atom is 0.0596 e. The highest BCUT2D eigenvalue weighted by Gasteiger charge is 2.35. The molecule has 0 aliphatic heterocycles. The summed E-state index contributed by atoms with van der Waals surface area (Å²) in [6, 6.07) is 2.81. The van der Waals surface area contributed by atoms with E-state index in [1.807, 2.05) is 4.68 Å². The molecule has 0 radical (unpaired) electrons. The van der Waals surface area contributed by atoms with Crippen LogP contribution in [0.25, 0.3) is 0 Å². The Balaban J connectivity index is 2.13. The van der Waals surface area contributed by atoms with Gasteiger partial charge in [0.2, 0.25) is 0 Å². The third-order valence-electron chi connectivity index (χ3n) is 4.80. The molecule has 1 fully saturated rings. The molecule has 0 spiro atoms. The summed E-state index contributed by atoms with van der Waals surface area (Å²) in [6.07, 6.45) is 8.02. The van der Waals surface area contributed by atoms with Gasteiger partial charge in [-0.15, -0.1) is 0 Å². The molecule has 0 bridgehead atoms. The summed E-state index contributed by atoms with van der Waals surface area (Å²) in [5.41, 5.74) is 2.93. The largest absolute Gasteiger partial charge is 0.313 e. The first-order valence-corrected chi connectivity index (χ1v) is 7.78. The molecule has 19 heavy (non-hydrogen) atoms. The van der Waals surface area contributed by atoms with Crippen molar-refractivity contribution in [2.24, 2.45) is 12.5 Å². The molecule has 0 amide bonds. The first-order chi connectivity index (χ1) is 9.05. The minimum atomic E-state index is 0.451. The minimum Gasteiger partial charge on any atom is -0.313 e. The van der Waals surface area contributed by atoms with Crippen LogP contribution in [0, 0.1) is 12.3 Å². The van der Waals surface area contributed by atoms with Gasteiger partial charge in [0.15, 0.2) is 0 Å². The van der Waals surface area contributed by atoms with Crippen LogP contribution in [-0.4, -0.2) is 22.4 Å². The number of nitrogens with one attached hydrogen (secondary N) is 1. The Kier molecular flexibility index (Phi) is 4.67. The fourth-order valence-electron chi connectivity index (χ4n) is 3.58. The van der Waals surface area contributed by atoms with Gasteiger partial charge in [-0.05, 0) is 37.8 Å². The molecule has 1 unspecified atom stereocenters. The summed E-state index contributed by atoms with van der Waals surface area (Å²) >= 11 is 0. The van der Waals surface area contributed by atoms with E-state index >= 15 is 0 Å². The summed E-state index contributed by atoms with van der Waals surface area (Å²) < 4.78 is 2.05. The van der Waals surface area contributed by atoms with Crippen LogP contribution < -0.4 is 5.32 Å². The smallest absolute Gasteiger partial charge is 0.0596 e. The second-order valence-corrected chi connectivity index (χ2v) is 6.43. The summed E-state index contributed by atoms with van der Waals surface area (Å²) in [5, 5.41) is 8.22. The van der Waals surface area contributed by atoms with Crippen LogP contribution in [-0.2, 0) is 13.5 Å². The summed E-state index contributed by atoms with van der Waals surface area (Å²) in [7, 11) is 2.06. The molecule has 2 rings (SSSR count). The second kappa shape index (κ2) is 6.08. The van der Waals surface area contributed by atoms with E-state index in [0.717, 1.165) is 18.7 Å². The zero-order valence-corrected chi connectivity index (χ0v) is 13.0. The van der Waals surface area contributed by atoms with Crippen molar-refractivity contribution >= 4 is 0 Å². The first kappa shape index (κ1) is 14.6. The fraction of sp³-hybridized carbons (Fsp3) is 0.812. The van der Waals surface area contributed by atoms with E-state index in [9.17, 15) is 0 Å². The van der Waals surface area contributed by atoms with Gasteiger partial charge in [0.1, 0.15) is 0 Å². The maximum absolute atomic E-state index is 4.48.